The van der Waals surface area contributed by atoms with Crippen LogP contribution in [-0.4, -0.2) is 50.9 Å². The minimum Gasteiger partial charge on any atom is -0.463 e. The normalized spacial score (nSPS) is 14.2. The number of aryl methyl sites for hydroxylation is 1. The number of aliphatic hydroxyl groups is 1. The molecule has 8 heteroatoms. The number of para-hydroxylation sites is 1. The fraction of sp³-hybridized carbons (Fsp3) is 0.484. The number of carbonyl (C=O) groups excluding carboxylic acids is 2. The summed E-state index contributed by atoms with van der Waals surface area (Å²) in [4.78, 5) is 26.4. The smallest absolute Gasteiger partial charge is 0.333 e. The highest BCUT2D eigenvalue weighted by Gasteiger charge is 2.36. The van der Waals surface area contributed by atoms with Crippen molar-refractivity contribution in [1.29, 1.82) is 0 Å². The number of hydrogen-bond donors (Lipinski definition) is 1. The fourth-order valence-electron chi connectivity index (χ4n) is 4.52. The number of hydrogen-bond acceptors (Lipinski definition) is 7. The maximum Gasteiger partial charge on any atom is 0.333 e. The molecule has 0 radical (unpaired) electrons. The van der Waals surface area contributed by atoms with Gasteiger partial charge in [-0.2, -0.15) is 4.80 Å². The van der Waals surface area contributed by atoms with Gasteiger partial charge in [-0.05, 0) is 60.8 Å². The van der Waals surface area contributed by atoms with Gasteiger partial charge in [-0.3, -0.25) is 4.79 Å². The van der Waals surface area contributed by atoms with Gasteiger partial charge in [-0.1, -0.05) is 71.5 Å². The van der Waals surface area contributed by atoms with Crippen molar-refractivity contribution in [2.45, 2.75) is 73.0 Å². The van der Waals surface area contributed by atoms with Crippen molar-refractivity contribution in [2.75, 3.05) is 6.61 Å². The van der Waals surface area contributed by atoms with Crippen molar-refractivity contribution in [1.82, 2.24) is 15.0 Å². The van der Waals surface area contributed by atoms with E-state index >= 15 is 0 Å². The lowest BCUT2D eigenvalue weighted by molar-refractivity contribution is -0.152. The van der Waals surface area contributed by atoms with Gasteiger partial charge in [0, 0.05) is 12.0 Å². The number of esters is 2. The molecule has 1 aromatic heterocycles. The minimum absolute atomic E-state index is 0.0508. The topological polar surface area (TPSA) is 104 Å². The van der Waals surface area contributed by atoms with E-state index in [-0.39, 0.29) is 30.3 Å². The van der Waals surface area contributed by atoms with E-state index in [1.54, 1.807) is 11.7 Å². The molecule has 3 aromatic rings. The Labute approximate surface area is 231 Å². The second-order valence-electron chi connectivity index (χ2n) is 11.5. The summed E-state index contributed by atoms with van der Waals surface area (Å²) in [5.74, 6) is -1.06. The number of aliphatic hydroxyl groups excluding tert-OH is 1. The third-order valence-electron chi connectivity index (χ3n) is 6.92. The Hall–Kier alpha value is -3.52. The Morgan fingerprint density at radius 1 is 1.03 bits per heavy atom. The highest BCUT2D eigenvalue weighted by molar-refractivity contribution is 5.87. The Balaban J connectivity index is 1.61. The third kappa shape index (κ3) is 8.23. The number of carbonyl (C=O) groups is 2. The molecule has 1 heterocycles. The largest absolute Gasteiger partial charge is 0.463 e. The summed E-state index contributed by atoms with van der Waals surface area (Å²) in [5.41, 5.74) is 3.33. The van der Waals surface area contributed by atoms with Gasteiger partial charge in [0.25, 0.3) is 0 Å². The van der Waals surface area contributed by atoms with E-state index in [4.69, 9.17) is 9.47 Å². The van der Waals surface area contributed by atoms with E-state index in [9.17, 15) is 14.7 Å². The predicted molar refractivity (Wildman–Crippen MR) is 151 cm³/mol. The maximum absolute atomic E-state index is 12.7. The van der Waals surface area contributed by atoms with Gasteiger partial charge in [0.05, 0.1) is 11.8 Å². The van der Waals surface area contributed by atoms with Crippen LogP contribution >= 0.6 is 0 Å². The molecule has 210 valence electrons. The summed E-state index contributed by atoms with van der Waals surface area (Å²) in [7, 11) is 0. The molecular formula is C31H41N3O5. The molecule has 0 aliphatic carbocycles. The molecular weight excluding hydrogens is 494 g/mol. The predicted octanol–water partition coefficient (Wildman–Crippen LogP) is 5.45. The molecule has 2 aromatic carbocycles. The molecule has 8 nitrogen and oxygen atoms in total. The zero-order valence-electron chi connectivity index (χ0n) is 23.9. The first-order valence-electron chi connectivity index (χ1n) is 13.5. The van der Waals surface area contributed by atoms with Crippen LogP contribution in [0.1, 0.15) is 59.9 Å². The van der Waals surface area contributed by atoms with Crippen LogP contribution in [0.4, 0.5) is 0 Å². The zero-order valence-corrected chi connectivity index (χ0v) is 23.9. The van der Waals surface area contributed by atoms with Gasteiger partial charge in [0.1, 0.15) is 23.7 Å². The van der Waals surface area contributed by atoms with Crippen LogP contribution in [0.2, 0.25) is 0 Å². The summed E-state index contributed by atoms with van der Waals surface area (Å²) in [5, 5.41) is 20.2. The van der Waals surface area contributed by atoms with Crippen LogP contribution in [0.15, 0.2) is 60.7 Å². The average Bonchev–Trinajstić information content (AvgIpc) is 3.31. The van der Waals surface area contributed by atoms with Gasteiger partial charge in [-0.25, -0.2) is 4.79 Å². The van der Waals surface area contributed by atoms with Crippen LogP contribution in [0.25, 0.3) is 16.7 Å². The van der Waals surface area contributed by atoms with Gasteiger partial charge >= 0.3 is 11.9 Å². The van der Waals surface area contributed by atoms with Crippen LogP contribution < -0.4 is 0 Å². The molecule has 0 fully saturated rings. The summed E-state index contributed by atoms with van der Waals surface area (Å²) < 4.78 is 11.2. The average molecular weight is 536 g/mol. The van der Waals surface area contributed by atoms with E-state index in [0.29, 0.717) is 18.4 Å². The van der Waals surface area contributed by atoms with Crippen LogP contribution in [0.5, 0.6) is 0 Å². The number of benzene rings is 2. The maximum atomic E-state index is 12.7. The standard InChI is InChI=1S/C31H41N3O5/c1-20(2)28(39-30(37)21(3)4)18-23(31(5,6)7)27(35)19-38-29(36)17-16-22-12-8-11-15-26(22)34-32-24-13-9-10-14-25(24)33-34/h8-15,20,23,27-28,35H,3,16-19H2,1-2,4-7H3. The van der Waals surface area contributed by atoms with Gasteiger partial charge in [0.2, 0.25) is 0 Å². The molecule has 39 heavy (non-hydrogen) atoms. The lowest BCUT2D eigenvalue weighted by atomic mass is 9.73. The van der Waals surface area contributed by atoms with Gasteiger partial charge in [0.15, 0.2) is 0 Å². The van der Waals surface area contributed by atoms with E-state index in [2.05, 4.69) is 16.8 Å². The minimum atomic E-state index is -0.910. The Morgan fingerprint density at radius 3 is 2.18 bits per heavy atom. The molecule has 3 rings (SSSR count). The molecule has 0 saturated carbocycles. The first-order valence-corrected chi connectivity index (χ1v) is 13.5. The Morgan fingerprint density at radius 2 is 1.62 bits per heavy atom. The Bertz CT molecular complexity index is 1260. The summed E-state index contributed by atoms with van der Waals surface area (Å²) in [6.07, 6.45) is -0.273. The van der Waals surface area contributed by atoms with Gasteiger partial charge < -0.3 is 14.6 Å². The molecule has 0 aliphatic rings. The Kier molecular flexibility index (Phi) is 10.0. The molecule has 3 atom stereocenters. The number of fused-ring (bicyclic) bond motifs is 1. The lowest BCUT2D eigenvalue weighted by Gasteiger charge is -2.37. The van der Waals surface area contributed by atoms with Gasteiger partial charge in [-0.15, -0.1) is 10.2 Å². The number of aromatic nitrogens is 3. The van der Waals surface area contributed by atoms with Crippen LogP contribution in [0.3, 0.4) is 0 Å². The SMILES string of the molecule is C=C(C)C(=O)OC(CC(C(O)COC(=O)CCc1ccccc1-n1nc2ccccc2n1)C(C)(C)C)C(C)C. The number of rotatable bonds is 12. The van der Waals surface area contributed by atoms with E-state index < -0.39 is 24.1 Å². The van der Waals surface area contributed by atoms with E-state index in [1.165, 1.54) is 0 Å². The molecule has 0 spiro atoms. The van der Waals surface area contributed by atoms with Crippen molar-refractivity contribution in [3.05, 3.63) is 66.2 Å². The second kappa shape index (κ2) is 13.0. The monoisotopic (exact) mass is 535 g/mol. The van der Waals surface area contributed by atoms with E-state index in [1.807, 2.05) is 83.1 Å². The van der Waals surface area contributed by atoms with E-state index in [0.717, 1.165) is 22.3 Å². The molecule has 1 N–H and O–H groups in total. The van der Waals surface area contributed by atoms with Crippen molar-refractivity contribution < 1.29 is 24.2 Å². The van der Waals surface area contributed by atoms with Crippen molar-refractivity contribution in [2.24, 2.45) is 17.3 Å². The molecule has 0 saturated heterocycles. The fourth-order valence-corrected chi connectivity index (χ4v) is 4.52. The first-order chi connectivity index (χ1) is 18.4. The first kappa shape index (κ1) is 30.0. The molecule has 0 aliphatic heterocycles. The highest BCUT2D eigenvalue weighted by atomic mass is 16.5. The highest BCUT2D eigenvalue weighted by Crippen LogP contribution is 2.35. The van der Waals surface area contributed by atoms with Crippen LogP contribution in [-0.2, 0) is 25.5 Å². The van der Waals surface area contributed by atoms with Crippen LogP contribution in [0, 0.1) is 17.3 Å². The summed E-state index contributed by atoms with van der Waals surface area (Å²) in [6.45, 7) is 15.1. The molecule has 3 unspecified atom stereocenters. The van der Waals surface area contributed by atoms with Crippen molar-refractivity contribution in [3.8, 4) is 5.69 Å². The summed E-state index contributed by atoms with van der Waals surface area (Å²) >= 11 is 0. The zero-order chi connectivity index (χ0) is 28.7. The molecule has 0 bridgehead atoms. The number of nitrogens with zero attached hydrogens (tertiary/aromatic N) is 3. The molecule has 0 amide bonds. The van der Waals surface area contributed by atoms with Crippen molar-refractivity contribution in [3.63, 3.8) is 0 Å². The third-order valence-corrected chi connectivity index (χ3v) is 6.92. The lowest BCUT2D eigenvalue weighted by Crippen LogP contribution is -2.40. The summed E-state index contributed by atoms with van der Waals surface area (Å²) in [6, 6.07) is 15.3. The number of ether oxygens (including phenoxy) is 2. The second-order valence-corrected chi connectivity index (χ2v) is 11.5. The quantitative estimate of drug-likeness (QED) is 0.243. The van der Waals surface area contributed by atoms with Crippen molar-refractivity contribution >= 4 is 23.0 Å².